The monoisotopic (exact) mass is 470 g/mol. The van der Waals surface area contributed by atoms with Crippen molar-refractivity contribution in [2.75, 3.05) is 0 Å². The molecular weight excluding hydrogens is 448 g/mol. The van der Waals surface area contributed by atoms with Crippen LogP contribution in [0.5, 0.6) is 0 Å². The van der Waals surface area contributed by atoms with Crippen molar-refractivity contribution < 1.29 is 4.79 Å². The highest BCUT2D eigenvalue weighted by Crippen LogP contribution is 2.44. The summed E-state index contributed by atoms with van der Waals surface area (Å²) in [5, 5.41) is 6.69. The van der Waals surface area contributed by atoms with Crippen LogP contribution in [0, 0.1) is 5.92 Å². The summed E-state index contributed by atoms with van der Waals surface area (Å²) in [7, 11) is 0. The molecule has 3 aromatic carbocycles. The second-order valence-corrected chi connectivity index (χ2v) is 8.99. The number of allylic oxidation sites excluding steroid dienone is 1. The Morgan fingerprint density at radius 1 is 0.935 bits per heavy atom. The molecule has 1 saturated carbocycles. The standard InChI is InChI=1S/C27H23BrN2O/c28-23-16-14-21(15-17-23)27(31)30-26(20-10-5-2-6-11-20)24-13-7-12-22(25(24)29-30)18-19-8-3-1-4-9-19/h1-6,8-11,14-18,24,26H,7,12-13H2/b22-18+/t24-,26+/m0/s1. The van der Waals surface area contributed by atoms with Crippen molar-refractivity contribution in [2.24, 2.45) is 11.0 Å². The Labute approximate surface area is 191 Å². The molecule has 3 aromatic rings. The topological polar surface area (TPSA) is 32.7 Å². The van der Waals surface area contributed by atoms with Crippen molar-refractivity contribution in [1.82, 2.24) is 5.01 Å². The van der Waals surface area contributed by atoms with E-state index >= 15 is 0 Å². The summed E-state index contributed by atoms with van der Waals surface area (Å²) in [4.78, 5) is 13.5. The average molecular weight is 471 g/mol. The summed E-state index contributed by atoms with van der Waals surface area (Å²) >= 11 is 3.46. The molecule has 0 bridgehead atoms. The number of benzene rings is 3. The van der Waals surface area contributed by atoms with E-state index in [1.165, 1.54) is 11.1 Å². The van der Waals surface area contributed by atoms with Gasteiger partial charge in [0.05, 0.1) is 11.8 Å². The molecular formula is C27H23BrN2O. The van der Waals surface area contributed by atoms with E-state index in [0.29, 0.717) is 5.56 Å². The SMILES string of the molecule is O=C(c1ccc(Br)cc1)N1N=C2/C(=C/c3ccccc3)CCC[C@@H]2[C@H]1c1ccccc1. The van der Waals surface area contributed by atoms with E-state index < -0.39 is 0 Å². The molecule has 0 saturated heterocycles. The van der Waals surface area contributed by atoms with Gasteiger partial charge in [0.15, 0.2) is 0 Å². The van der Waals surface area contributed by atoms with Gasteiger partial charge in [0.2, 0.25) is 0 Å². The lowest BCUT2D eigenvalue weighted by Crippen LogP contribution is -2.31. The molecule has 5 rings (SSSR count). The van der Waals surface area contributed by atoms with Crippen LogP contribution in [0.2, 0.25) is 0 Å². The van der Waals surface area contributed by atoms with Gasteiger partial charge in [0.25, 0.3) is 5.91 Å². The lowest BCUT2D eigenvalue weighted by Gasteiger charge is -2.29. The average Bonchev–Trinajstić information content (AvgIpc) is 3.21. The van der Waals surface area contributed by atoms with Crippen LogP contribution in [0.25, 0.3) is 6.08 Å². The van der Waals surface area contributed by atoms with E-state index in [-0.39, 0.29) is 17.9 Å². The largest absolute Gasteiger partial charge is 0.274 e. The minimum Gasteiger partial charge on any atom is -0.267 e. The van der Waals surface area contributed by atoms with Crippen molar-refractivity contribution in [1.29, 1.82) is 0 Å². The molecule has 0 unspecified atom stereocenters. The molecule has 1 amide bonds. The molecule has 2 aliphatic rings. The Hall–Kier alpha value is -2.98. The fourth-order valence-electron chi connectivity index (χ4n) is 4.63. The Kier molecular flexibility index (Phi) is 5.56. The van der Waals surface area contributed by atoms with Crippen molar-refractivity contribution in [3.63, 3.8) is 0 Å². The van der Waals surface area contributed by atoms with Gasteiger partial charge in [0.1, 0.15) is 0 Å². The normalized spacial score (nSPS) is 21.6. The van der Waals surface area contributed by atoms with Gasteiger partial charge < -0.3 is 0 Å². The Morgan fingerprint density at radius 2 is 1.61 bits per heavy atom. The van der Waals surface area contributed by atoms with E-state index in [2.05, 4.69) is 58.4 Å². The molecule has 0 aromatic heterocycles. The second-order valence-electron chi connectivity index (χ2n) is 8.08. The van der Waals surface area contributed by atoms with Crippen molar-refractivity contribution >= 4 is 33.6 Å². The Bertz CT molecular complexity index is 1140. The first-order valence-electron chi connectivity index (χ1n) is 10.7. The highest BCUT2D eigenvalue weighted by atomic mass is 79.9. The third kappa shape index (κ3) is 4.00. The van der Waals surface area contributed by atoms with Crippen LogP contribution in [-0.2, 0) is 0 Å². The minimum atomic E-state index is -0.0770. The zero-order chi connectivity index (χ0) is 21.2. The number of fused-ring (bicyclic) bond motifs is 1. The summed E-state index contributed by atoms with van der Waals surface area (Å²) in [5.74, 6) is 0.160. The molecule has 154 valence electrons. The van der Waals surface area contributed by atoms with Crippen LogP contribution >= 0.6 is 15.9 Å². The number of nitrogens with zero attached hydrogens (tertiary/aromatic N) is 2. The smallest absolute Gasteiger partial charge is 0.267 e. The first-order chi connectivity index (χ1) is 15.2. The lowest BCUT2D eigenvalue weighted by molar-refractivity contribution is 0.0681. The van der Waals surface area contributed by atoms with Gasteiger partial charge in [-0.1, -0.05) is 76.6 Å². The van der Waals surface area contributed by atoms with Crippen LogP contribution in [0.15, 0.2) is 100 Å². The maximum atomic E-state index is 13.5. The third-order valence-electron chi connectivity index (χ3n) is 6.08. The van der Waals surface area contributed by atoms with E-state index in [1.807, 2.05) is 48.5 Å². The van der Waals surface area contributed by atoms with Crippen LogP contribution in [0.3, 0.4) is 0 Å². The van der Waals surface area contributed by atoms with Gasteiger partial charge in [-0.25, -0.2) is 5.01 Å². The van der Waals surface area contributed by atoms with Crippen molar-refractivity contribution in [2.45, 2.75) is 25.3 Å². The highest BCUT2D eigenvalue weighted by molar-refractivity contribution is 9.10. The molecule has 1 fully saturated rings. The number of carbonyl (C=O) groups is 1. The first kappa shape index (κ1) is 20.0. The van der Waals surface area contributed by atoms with Gasteiger partial charge >= 0.3 is 0 Å². The fourth-order valence-corrected chi connectivity index (χ4v) is 4.89. The number of hydrogen-bond acceptors (Lipinski definition) is 2. The minimum absolute atomic E-state index is 0.0534. The summed E-state index contributed by atoms with van der Waals surface area (Å²) in [6.45, 7) is 0. The molecule has 0 spiro atoms. The predicted molar refractivity (Wildman–Crippen MR) is 129 cm³/mol. The van der Waals surface area contributed by atoms with Crippen molar-refractivity contribution in [3.8, 4) is 0 Å². The molecule has 0 radical (unpaired) electrons. The number of amides is 1. The quantitative estimate of drug-likeness (QED) is 0.410. The van der Waals surface area contributed by atoms with Crippen molar-refractivity contribution in [3.05, 3.63) is 112 Å². The predicted octanol–water partition coefficient (Wildman–Crippen LogP) is 6.89. The Morgan fingerprint density at radius 3 is 2.32 bits per heavy atom. The molecule has 3 nitrogen and oxygen atoms in total. The number of hydrogen-bond donors (Lipinski definition) is 0. The number of rotatable bonds is 3. The maximum absolute atomic E-state index is 13.5. The summed E-state index contributed by atoms with van der Waals surface area (Å²) in [6, 6.07) is 28.1. The van der Waals surface area contributed by atoms with E-state index in [1.54, 1.807) is 5.01 Å². The Balaban J connectivity index is 1.57. The lowest BCUT2D eigenvalue weighted by atomic mass is 9.77. The molecule has 4 heteroatoms. The summed E-state index contributed by atoms with van der Waals surface area (Å²) < 4.78 is 0.957. The molecule has 31 heavy (non-hydrogen) atoms. The molecule has 2 atom stereocenters. The zero-order valence-electron chi connectivity index (χ0n) is 17.1. The van der Waals surface area contributed by atoms with Gasteiger partial charge in [-0.05, 0) is 66.3 Å². The zero-order valence-corrected chi connectivity index (χ0v) is 18.7. The summed E-state index contributed by atoms with van der Waals surface area (Å²) in [6.07, 6.45) is 5.37. The van der Waals surface area contributed by atoms with E-state index in [0.717, 1.165) is 35.0 Å². The van der Waals surface area contributed by atoms with Crippen LogP contribution in [0.1, 0.15) is 46.8 Å². The third-order valence-corrected chi connectivity index (χ3v) is 6.61. The van der Waals surface area contributed by atoms with Crippen LogP contribution < -0.4 is 0 Å². The number of hydrazone groups is 1. The van der Waals surface area contributed by atoms with Gasteiger partial charge in [-0.2, -0.15) is 5.10 Å². The fraction of sp³-hybridized carbons (Fsp3) is 0.185. The second kappa shape index (κ2) is 8.64. The maximum Gasteiger partial charge on any atom is 0.274 e. The first-order valence-corrected chi connectivity index (χ1v) is 11.5. The van der Waals surface area contributed by atoms with Crippen LogP contribution in [0.4, 0.5) is 0 Å². The van der Waals surface area contributed by atoms with Gasteiger partial charge in [0, 0.05) is 16.0 Å². The highest BCUT2D eigenvalue weighted by Gasteiger charge is 2.43. The number of halogens is 1. The van der Waals surface area contributed by atoms with Gasteiger partial charge in [-0.15, -0.1) is 0 Å². The van der Waals surface area contributed by atoms with Crippen LogP contribution in [-0.4, -0.2) is 16.6 Å². The van der Waals surface area contributed by atoms with Gasteiger partial charge in [-0.3, -0.25) is 4.79 Å². The molecule has 0 N–H and O–H groups in total. The number of carbonyl (C=O) groups excluding carboxylic acids is 1. The molecule has 1 aliphatic carbocycles. The summed E-state index contributed by atoms with van der Waals surface area (Å²) in [5.41, 5.74) is 5.28. The van der Waals surface area contributed by atoms with E-state index in [9.17, 15) is 4.79 Å². The molecule has 1 aliphatic heterocycles. The molecule has 1 heterocycles. The van der Waals surface area contributed by atoms with E-state index in [4.69, 9.17) is 5.10 Å².